The van der Waals surface area contributed by atoms with Gasteiger partial charge in [0.1, 0.15) is 5.71 Å². The van der Waals surface area contributed by atoms with Crippen molar-refractivity contribution in [3.63, 3.8) is 0 Å². The Morgan fingerprint density at radius 2 is 1.63 bits per heavy atom. The first-order valence-corrected chi connectivity index (χ1v) is 9.35. The van der Waals surface area contributed by atoms with Crippen molar-refractivity contribution in [2.75, 3.05) is 0 Å². The summed E-state index contributed by atoms with van der Waals surface area (Å²) in [5.41, 5.74) is 2.41. The number of nitro benzene ring substituents is 1. The summed E-state index contributed by atoms with van der Waals surface area (Å²) in [6.45, 7) is 5.16. The van der Waals surface area contributed by atoms with Crippen molar-refractivity contribution in [1.29, 1.82) is 0 Å². The number of benzene rings is 2. The van der Waals surface area contributed by atoms with Gasteiger partial charge in [0.25, 0.3) is 5.69 Å². The summed E-state index contributed by atoms with van der Waals surface area (Å²) in [7, 11) is 0. The number of non-ortho nitro benzene ring substituents is 1. The van der Waals surface area contributed by atoms with Gasteiger partial charge < -0.3 is 4.84 Å². The quantitative estimate of drug-likeness (QED) is 0.113. The van der Waals surface area contributed by atoms with Crippen LogP contribution in [0.3, 0.4) is 0 Å². The van der Waals surface area contributed by atoms with Gasteiger partial charge in [0, 0.05) is 17.7 Å². The number of nitrogens with zero attached hydrogens (tertiary/aromatic N) is 2. The smallest absolute Gasteiger partial charge is 0.312 e. The molecular formula is C23H22N2O5. The van der Waals surface area contributed by atoms with E-state index >= 15 is 0 Å². The van der Waals surface area contributed by atoms with Gasteiger partial charge in [-0.2, -0.15) is 0 Å². The highest BCUT2D eigenvalue weighted by Gasteiger charge is 2.13. The summed E-state index contributed by atoms with van der Waals surface area (Å²) in [6.07, 6.45) is 5.72. The predicted octanol–water partition coefficient (Wildman–Crippen LogP) is 5.28. The summed E-state index contributed by atoms with van der Waals surface area (Å²) >= 11 is 0. The third-order valence-electron chi connectivity index (χ3n) is 4.16. The Hall–Kier alpha value is -3.87. The average molecular weight is 406 g/mol. The van der Waals surface area contributed by atoms with Crippen molar-refractivity contribution in [1.82, 2.24) is 0 Å². The van der Waals surface area contributed by atoms with Gasteiger partial charge in [-0.3, -0.25) is 14.9 Å². The summed E-state index contributed by atoms with van der Waals surface area (Å²) in [5, 5.41) is 14.4. The van der Waals surface area contributed by atoms with Crippen LogP contribution in [-0.4, -0.2) is 22.4 Å². The first-order valence-electron chi connectivity index (χ1n) is 9.35. The van der Waals surface area contributed by atoms with Gasteiger partial charge in [0.05, 0.1) is 10.5 Å². The van der Waals surface area contributed by atoms with Gasteiger partial charge in [0.15, 0.2) is 0 Å². The van der Waals surface area contributed by atoms with Crippen LogP contribution in [-0.2, 0) is 9.63 Å². The highest BCUT2D eigenvalue weighted by atomic mass is 16.7. The molecule has 0 aliphatic carbocycles. The SMILES string of the molecule is C/C=C\C(=C/CC)C(=O)O/N=C(/C)C(=O)c1ccc(-c2ccc([N+](=O)[O-])cc2)cc1. The van der Waals surface area contributed by atoms with E-state index in [2.05, 4.69) is 5.16 Å². The molecule has 0 fully saturated rings. The van der Waals surface area contributed by atoms with Crippen molar-refractivity contribution < 1.29 is 19.3 Å². The molecular weight excluding hydrogens is 384 g/mol. The Balaban J connectivity index is 2.11. The van der Waals surface area contributed by atoms with Gasteiger partial charge in [-0.15, -0.1) is 0 Å². The second kappa shape index (κ2) is 10.6. The van der Waals surface area contributed by atoms with Crippen LogP contribution in [0.15, 0.2) is 77.5 Å². The third kappa shape index (κ3) is 5.81. The van der Waals surface area contributed by atoms with Crippen LogP contribution in [0.25, 0.3) is 11.1 Å². The van der Waals surface area contributed by atoms with Crippen LogP contribution in [0.2, 0.25) is 0 Å². The number of carbonyl (C=O) groups excluding carboxylic acids is 2. The molecule has 0 heterocycles. The van der Waals surface area contributed by atoms with E-state index in [0.29, 0.717) is 17.6 Å². The lowest BCUT2D eigenvalue weighted by Crippen LogP contribution is -2.13. The molecule has 7 nitrogen and oxygen atoms in total. The Morgan fingerprint density at radius 3 is 2.13 bits per heavy atom. The number of ketones is 1. The maximum absolute atomic E-state index is 12.5. The zero-order chi connectivity index (χ0) is 22.1. The number of allylic oxidation sites excluding steroid dienone is 2. The molecule has 0 aromatic heterocycles. The molecule has 0 bridgehead atoms. The topological polar surface area (TPSA) is 98.9 Å². The molecule has 0 aliphatic heterocycles. The summed E-state index contributed by atoms with van der Waals surface area (Å²) in [6, 6.07) is 12.9. The van der Waals surface area contributed by atoms with Crippen LogP contribution >= 0.6 is 0 Å². The van der Waals surface area contributed by atoms with Gasteiger partial charge in [-0.25, -0.2) is 4.79 Å². The third-order valence-corrected chi connectivity index (χ3v) is 4.16. The van der Waals surface area contributed by atoms with Crippen LogP contribution < -0.4 is 0 Å². The fourth-order valence-corrected chi connectivity index (χ4v) is 2.62. The van der Waals surface area contributed by atoms with E-state index in [-0.39, 0.29) is 17.2 Å². The zero-order valence-corrected chi connectivity index (χ0v) is 17.0. The number of hydrogen-bond acceptors (Lipinski definition) is 6. The maximum atomic E-state index is 12.5. The van der Waals surface area contributed by atoms with Crippen molar-refractivity contribution >= 4 is 23.2 Å². The van der Waals surface area contributed by atoms with Gasteiger partial charge in [0.2, 0.25) is 5.78 Å². The molecule has 7 heteroatoms. The first-order chi connectivity index (χ1) is 14.4. The number of hydrogen-bond donors (Lipinski definition) is 0. The molecule has 0 aliphatic rings. The summed E-state index contributed by atoms with van der Waals surface area (Å²) in [5.74, 6) is -0.999. The van der Waals surface area contributed by atoms with E-state index in [1.165, 1.54) is 19.1 Å². The normalized spacial score (nSPS) is 12.1. The molecule has 154 valence electrons. The highest BCUT2D eigenvalue weighted by molar-refractivity contribution is 6.45. The van der Waals surface area contributed by atoms with E-state index < -0.39 is 10.9 Å². The van der Waals surface area contributed by atoms with E-state index in [4.69, 9.17) is 4.84 Å². The summed E-state index contributed by atoms with van der Waals surface area (Å²) in [4.78, 5) is 39.8. The molecule has 2 aromatic rings. The van der Waals surface area contributed by atoms with E-state index in [0.717, 1.165) is 11.1 Å². The van der Waals surface area contributed by atoms with E-state index in [9.17, 15) is 19.7 Å². The Kier molecular flexibility index (Phi) is 7.93. The molecule has 0 amide bonds. The minimum Gasteiger partial charge on any atom is -0.312 e. The van der Waals surface area contributed by atoms with Crippen molar-refractivity contribution in [3.8, 4) is 11.1 Å². The number of oxime groups is 1. The van der Waals surface area contributed by atoms with Crippen molar-refractivity contribution in [2.24, 2.45) is 5.16 Å². The van der Waals surface area contributed by atoms with Crippen molar-refractivity contribution in [2.45, 2.75) is 27.2 Å². The van der Waals surface area contributed by atoms with Gasteiger partial charge in [-0.05, 0) is 43.5 Å². The molecule has 0 N–H and O–H groups in total. The van der Waals surface area contributed by atoms with Crippen LogP contribution in [0.4, 0.5) is 5.69 Å². The molecule has 30 heavy (non-hydrogen) atoms. The fraction of sp³-hybridized carbons (Fsp3) is 0.174. The molecule has 0 spiro atoms. The number of rotatable bonds is 8. The minimum absolute atomic E-state index is 0.0123. The first kappa shape index (κ1) is 22.4. The van der Waals surface area contributed by atoms with Crippen LogP contribution in [0.1, 0.15) is 37.6 Å². The Morgan fingerprint density at radius 1 is 1.07 bits per heavy atom. The van der Waals surface area contributed by atoms with Crippen molar-refractivity contribution in [3.05, 3.63) is 88.0 Å². The number of carbonyl (C=O) groups is 2. The second-order valence-corrected chi connectivity index (χ2v) is 6.33. The average Bonchev–Trinajstić information content (AvgIpc) is 2.76. The highest BCUT2D eigenvalue weighted by Crippen LogP contribution is 2.23. The lowest BCUT2D eigenvalue weighted by Gasteiger charge is -2.05. The van der Waals surface area contributed by atoms with Gasteiger partial charge in [-0.1, -0.05) is 54.6 Å². The minimum atomic E-state index is -0.629. The molecule has 2 rings (SSSR count). The van der Waals surface area contributed by atoms with E-state index in [1.54, 1.807) is 61.5 Å². The van der Waals surface area contributed by atoms with Crippen LogP contribution in [0, 0.1) is 10.1 Å². The second-order valence-electron chi connectivity index (χ2n) is 6.33. The lowest BCUT2D eigenvalue weighted by molar-refractivity contribution is -0.384. The standard InChI is InChI=1S/C23H22N2O5/c1-4-6-20(7-5-2)23(27)30-24-16(3)22(26)19-10-8-17(9-11-19)18-12-14-21(15-13-18)25(28)29/h4,6-15H,5H2,1-3H3/b6-4-,20-7+,24-16-. The van der Waals surface area contributed by atoms with Crippen LogP contribution in [0.5, 0.6) is 0 Å². The fourth-order valence-electron chi connectivity index (χ4n) is 2.62. The molecule has 2 aromatic carbocycles. The summed E-state index contributed by atoms with van der Waals surface area (Å²) < 4.78 is 0. The maximum Gasteiger partial charge on any atom is 0.365 e. The molecule has 0 saturated carbocycles. The number of nitro groups is 1. The molecule has 0 saturated heterocycles. The monoisotopic (exact) mass is 406 g/mol. The van der Waals surface area contributed by atoms with Gasteiger partial charge >= 0.3 is 5.97 Å². The molecule has 0 radical (unpaired) electrons. The lowest BCUT2D eigenvalue weighted by atomic mass is 10.0. The molecule has 0 atom stereocenters. The Bertz CT molecular complexity index is 1020. The number of Topliss-reactive ketones (excluding diaryl/α,β-unsaturated/α-hetero) is 1. The predicted molar refractivity (Wildman–Crippen MR) is 115 cm³/mol. The zero-order valence-electron chi connectivity index (χ0n) is 17.0. The largest absolute Gasteiger partial charge is 0.365 e. The van der Waals surface area contributed by atoms with E-state index in [1.807, 2.05) is 6.92 Å². The Labute approximate surface area is 174 Å². The molecule has 0 unspecified atom stereocenters.